The number of phenols is 1. The van der Waals surface area contributed by atoms with Gasteiger partial charge in [-0.05, 0) is 116 Å². The van der Waals surface area contributed by atoms with E-state index < -0.39 is 17.8 Å². The third-order valence-electron chi connectivity index (χ3n) is 10.7. The number of carbonyl (C=O) groups excluding carboxylic acids is 3. The number of halogens is 2. The van der Waals surface area contributed by atoms with Crippen LogP contribution in [0.1, 0.15) is 40.4 Å². The Labute approximate surface area is 377 Å². The molecule has 1 saturated heterocycles. The Hall–Kier alpha value is -6.52. The summed E-state index contributed by atoms with van der Waals surface area (Å²) in [5.74, 6) is -2.19. The number of carbonyl (C=O) groups is 4. The minimum Gasteiger partial charge on any atom is -0.508 e. The largest absolute Gasteiger partial charge is 0.508 e. The van der Waals surface area contributed by atoms with Gasteiger partial charge in [-0.2, -0.15) is 0 Å². The molecule has 6 N–H and O–H groups in total. The van der Waals surface area contributed by atoms with Crippen LogP contribution in [0.5, 0.6) is 5.75 Å². The molecule has 2 heterocycles. The maximum Gasteiger partial charge on any atom is 0.336 e. The summed E-state index contributed by atoms with van der Waals surface area (Å²) in [6, 6.07) is 25.4. The van der Waals surface area contributed by atoms with Crippen molar-refractivity contribution in [2.75, 3.05) is 50.4 Å². The number of carboxylic acid groups (broad SMARTS) is 1. The van der Waals surface area contributed by atoms with Crippen LogP contribution in [0.15, 0.2) is 106 Å². The SMILES string of the molecule is CN(C(=O)Cc1ccc(Cl)c(Cl)c1)[C@H](CN1CCCC1)c1cccc(NC(=O)CNC(=O)CNC(=S)Nc2ccc(-c3c4ccc(=O)cc-4oc4cc(O)ccc34)c(C(=O)O)c2)c1. The molecule has 2 aliphatic heterocycles. The van der Waals surface area contributed by atoms with E-state index in [2.05, 4.69) is 26.2 Å². The highest BCUT2D eigenvalue weighted by atomic mass is 35.5. The quantitative estimate of drug-likeness (QED) is 0.0478. The van der Waals surface area contributed by atoms with Crippen LogP contribution in [0.2, 0.25) is 10.0 Å². The zero-order valence-corrected chi connectivity index (χ0v) is 36.2. The summed E-state index contributed by atoms with van der Waals surface area (Å²) in [6.07, 6.45) is 2.30. The molecule has 4 aromatic rings. The van der Waals surface area contributed by atoms with Gasteiger partial charge in [0.2, 0.25) is 17.7 Å². The van der Waals surface area contributed by atoms with E-state index in [0.29, 0.717) is 50.0 Å². The predicted octanol–water partition coefficient (Wildman–Crippen LogP) is 7.15. The second kappa shape index (κ2) is 19.7. The van der Waals surface area contributed by atoms with Crippen molar-refractivity contribution in [3.05, 3.63) is 134 Å². The smallest absolute Gasteiger partial charge is 0.336 e. The van der Waals surface area contributed by atoms with Crippen molar-refractivity contribution in [1.82, 2.24) is 20.4 Å². The molecule has 1 atom stereocenters. The highest BCUT2D eigenvalue weighted by molar-refractivity contribution is 7.80. The molecule has 1 fully saturated rings. The van der Waals surface area contributed by atoms with E-state index in [1.165, 1.54) is 30.3 Å². The Morgan fingerprint density at radius 2 is 1.57 bits per heavy atom. The lowest BCUT2D eigenvalue weighted by atomic mass is 9.90. The van der Waals surface area contributed by atoms with E-state index >= 15 is 0 Å². The molecule has 14 nitrogen and oxygen atoms in total. The fraction of sp³-hybridized carbons (Fsp3) is 0.217. The van der Waals surface area contributed by atoms with Gasteiger partial charge in [0.1, 0.15) is 17.1 Å². The van der Waals surface area contributed by atoms with Gasteiger partial charge in [0.15, 0.2) is 10.5 Å². The lowest BCUT2D eigenvalue weighted by molar-refractivity contribution is -0.131. The van der Waals surface area contributed by atoms with Crippen LogP contribution in [0.3, 0.4) is 0 Å². The van der Waals surface area contributed by atoms with E-state index in [-0.39, 0.29) is 64.7 Å². The number of fused-ring (bicyclic) bond motifs is 2. The molecule has 0 saturated carbocycles. The van der Waals surface area contributed by atoms with Gasteiger partial charge in [0, 0.05) is 53.6 Å². The molecular weight excluding hydrogens is 868 g/mol. The molecule has 0 unspecified atom stereocenters. The number of likely N-dealkylation sites (tertiary alicyclic amines) is 1. The number of rotatable bonds is 14. The van der Waals surface area contributed by atoms with E-state index in [9.17, 15) is 34.2 Å². The van der Waals surface area contributed by atoms with Gasteiger partial charge in [-0.3, -0.25) is 19.2 Å². The molecule has 0 spiro atoms. The minimum atomic E-state index is -1.24. The van der Waals surface area contributed by atoms with Gasteiger partial charge in [-0.25, -0.2) is 4.79 Å². The summed E-state index contributed by atoms with van der Waals surface area (Å²) in [7, 11) is 1.77. The lowest BCUT2D eigenvalue weighted by Crippen LogP contribution is -2.41. The van der Waals surface area contributed by atoms with Gasteiger partial charge in [0.25, 0.3) is 0 Å². The number of thiocarbonyl (C=S) groups is 1. The van der Waals surface area contributed by atoms with Gasteiger partial charge < -0.3 is 45.7 Å². The maximum absolute atomic E-state index is 13.5. The number of likely N-dealkylation sites (N-methyl/N-ethyl adjacent to an activating group) is 1. The molecule has 4 aromatic carbocycles. The average molecular weight is 910 g/mol. The van der Waals surface area contributed by atoms with Crippen molar-refractivity contribution in [3.63, 3.8) is 0 Å². The molecule has 324 valence electrons. The fourth-order valence-electron chi connectivity index (χ4n) is 7.56. The van der Waals surface area contributed by atoms with E-state index in [0.717, 1.165) is 37.1 Å². The first-order valence-electron chi connectivity index (χ1n) is 19.9. The molecule has 7 rings (SSSR count). The Morgan fingerprint density at radius 1 is 0.825 bits per heavy atom. The standard InChI is InChI=1S/C46H42Cl2N6O8S/c1-53(43(59)18-26-7-14-36(47)37(48)17-26)38(25-54-15-2-3-16-54)27-5-4-6-28(19-27)51-42(58)24-49-41(57)23-50-46(63)52-29-8-11-32(35(20-29)45(60)61)44-33-12-9-30(55)21-39(33)62-40-22-31(56)10-13-34(40)44/h4-14,17,19-22,38,55H,2-3,15-16,18,23-25H2,1H3,(H,49,57)(H,51,58)(H,60,61)(H2,50,52,63)/t38-/m1/s1. The van der Waals surface area contributed by atoms with Crippen molar-refractivity contribution in [2.24, 2.45) is 0 Å². The van der Waals surface area contributed by atoms with Gasteiger partial charge in [0.05, 0.1) is 41.2 Å². The fourth-order valence-corrected chi connectivity index (χ4v) is 8.07. The van der Waals surface area contributed by atoms with Crippen molar-refractivity contribution >= 4 is 86.6 Å². The summed E-state index contributed by atoms with van der Waals surface area (Å²) in [6.45, 7) is 1.85. The highest BCUT2D eigenvalue weighted by Gasteiger charge is 2.27. The molecule has 1 aliphatic carbocycles. The first kappa shape index (κ1) is 44.5. The van der Waals surface area contributed by atoms with E-state index in [1.807, 2.05) is 12.1 Å². The first-order valence-corrected chi connectivity index (χ1v) is 21.1. The predicted molar refractivity (Wildman–Crippen MR) is 247 cm³/mol. The van der Waals surface area contributed by atoms with Gasteiger partial charge >= 0.3 is 5.97 Å². The van der Waals surface area contributed by atoms with Crippen molar-refractivity contribution in [1.29, 1.82) is 0 Å². The molecule has 17 heteroatoms. The number of benzene rings is 5. The number of carboxylic acids is 1. The van der Waals surface area contributed by atoms with Crippen LogP contribution in [0.4, 0.5) is 11.4 Å². The van der Waals surface area contributed by atoms with Crippen LogP contribution in [-0.4, -0.2) is 88.6 Å². The first-order chi connectivity index (χ1) is 30.2. The number of phenolic OH excluding ortho intramolecular Hbond substituents is 1. The molecule has 0 radical (unpaired) electrons. The lowest BCUT2D eigenvalue weighted by Gasteiger charge is -2.32. The van der Waals surface area contributed by atoms with E-state index in [4.69, 9.17) is 39.8 Å². The number of anilines is 2. The van der Waals surface area contributed by atoms with Gasteiger partial charge in [-0.15, -0.1) is 0 Å². The number of aromatic carboxylic acids is 1. The Morgan fingerprint density at radius 3 is 2.33 bits per heavy atom. The number of hydrogen-bond acceptors (Lipinski definition) is 9. The number of amides is 3. The third kappa shape index (κ3) is 10.9. The van der Waals surface area contributed by atoms with Crippen molar-refractivity contribution < 1.29 is 33.8 Å². The second-order valence-corrected chi connectivity index (χ2v) is 16.3. The average Bonchev–Trinajstić information content (AvgIpc) is 3.78. The van der Waals surface area contributed by atoms with Crippen LogP contribution in [-0.2, 0) is 20.8 Å². The number of aromatic hydroxyl groups is 1. The summed E-state index contributed by atoms with van der Waals surface area (Å²) < 4.78 is 5.90. The molecule has 63 heavy (non-hydrogen) atoms. The van der Waals surface area contributed by atoms with Crippen LogP contribution in [0.25, 0.3) is 33.4 Å². The number of hydrogen-bond donors (Lipinski definition) is 6. The molecule has 3 amide bonds. The highest BCUT2D eigenvalue weighted by Crippen LogP contribution is 2.42. The van der Waals surface area contributed by atoms with Crippen molar-refractivity contribution in [2.45, 2.75) is 25.3 Å². The zero-order chi connectivity index (χ0) is 44.8. The Bertz CT molecular complexity index is 2780. The van der Waals surface area contributed by atoms with Gasteiger partial charge in [-0.1, -0.05) is 47.5 Å². The maximum atomic E-state index is 13.5. The number of nitrogens with one attached hydrogen (secondary N) is 4. The molecule has 0 bridgehead atoms. The Kier molecular flexibility index (Phi) is 13.9. The van der Waals surface area contributed by atoms with Crippen molar-refractivity contribution in [3.8, 4) is 28.2 Å². The summed E-state index contributed by atoms with van der Waals surface area (Å²) in [5, 5.41) is 32.7. The second-order valence-electron chi connectivity index (χ2n) is 15.1. The molecule has 0 aromatic heterocycles. The zero-order valence-electron chi connectivity index (χ0n) is 33.9. The van der Waals surface area contributed by atoms with E-state index in [1.54, 1.807) is 66.5 Å². The summed E-state index contributed by atoms with van der Waals surface area (Å²) in [5.41, 5.74) is 3.57. The number of nitrogens with zero attached hydrogens (tertiary/aromatic N) is 2. The minimum absolute atomic E-state index is 0.0206. The third-order valence-corrected chi connectivity index (χ3v) is 11.7. The monoisotopic (exact) mass is 908 g/mol. The summed E-state index contributed by atoms with van der Waals surface area (Å²) >= 11 is 17.7. The van der Waals surface area contributed by atoms with Crippen LogP contribution >= 0.6 is 35.4 Å². The van der Waals surface area contributed by atoms with Crippen LogP contribution < -0.4 is 26.7 Å². The topological polar surface area (TPSA) is 194 Å². The van der Waals surface area contributed by atoms with Crippen LogP contribution in [0, 0.1) is 0 Å². The normalized spacial score (nSPS) is 13.1. The molecule has 3 aliphatic rings. The summed E-state index contributed by atoms with van der Waals surface area (Å²) in [4.78, 5) is 68.1. The molecular formula is C46H42Cl2N6O8S. The Balaban J connectivity index is 0.951.